The van der Waals surface area contributed by atoms with Crippen LogP contribution in [0.25, 0.3) is 0 Å². The zero-order valence-electron chi connectivity index (χ0n) is 21.8. The van der Waals surface area contributed by atoms with E-state index in [1.807, 2.05) is 13.8 Å². The van der Waals surface area contributed by atoms with Gasteiger partial charge >= 0.3 is 0 Å². The van der Waals surface area contributed by atoms with Crippen LogP contribution in [0.3, 0.4) is 0 Å². The first-order chi connectivity index (χ1) is 18.0. The fraction of sp³-hybridized carbons (Fsp3) is 0.286. The van der Waals surface area contributed by atoms with Gasteiger partial charge < -0.3 is 15.0 Å². The molecule has 0 aliphatic carbocycles. The van der Waals surface area contributed by atoms with Crippen LogP contribution in [0.4, 0.5) is 5.69 Å². The van der Waals surface area contributed by atoms with Crippen molar-refractivity contribution in [3.63, 3.8) is 0 Å². The lowest BCUT2D eigenvalue weighted by Gasteiger charge is -2.32. The summed E-state index contributed by atoms with van der Waals surface area (Å²) in [5.74, 6) is -0.371. The van der Waals surface area contributed by atoms with E-state index in [2.05, 4.69) is 5.32 Å². The number of carbonyl (C=O) groups is 2. The first kappa shape index (κ1) is 29.0. The van der Waals surface area contributed by atoms with E-state index in [0.717, 1.165) is 9.87 Å². The molecule has 0 spiro atoms. The Hall–Kier alpha value is -3.56. The number of halogens is 1. The number of benzene rings is 3. The van der Waals surface area contributed by atoms with Crippen molar-refractivity contribution in [2.45, 2.75) is 44.3 Å². The van der Waals surface area contributed by atoms with Crippen molar-refractivity contribution < 1.29 is 22.7 Å². The molecule has 3 rings (SSSR count). The van der Waals surface area contributed by atoms with Crippen LogP contribution in [0.15, 0.2) is 83.8 Å². The molecule has 2 amide bonds. The third-order valence-corrected chi connectivity index (χ3v) is 7.87. The molecule has 0 aromatic heterocycles. The maximum absolute atomic E-state index is 13.8. The second-order valence-electron chi connectivity index (χ2n) is 9.01. The molecule has 3 aromatic carbocycles. The topological polar surface area (TPSA) is 96.0 Å². The van der Waals surface area contributed by atoms with E-state index in [4.69, 9.17) is 16.3 Å². The van der Waals surface area contributed by atoms with Gasteiger partial charge in [-0.25, -0.2) is 8.42 Å². The van der Waals surface area contributed by atoms with E-state index >= 15 is 0 Å². The van der Waals surface area contributed by atoms with Crippen LogP contribution in [0.1, 0.15) is 26.3 Å². The molecule has 0 fully saturated rings. The summed E-state index contributed by atoms with van der Waals surface area (Å²) in [6, 6.07) is 20.3. The Kier molecular flexibility index (Phi) is 9.77. The number of amides is 2. The van der Waals surface area contributed by atoms with Crippen LogP contribution in [-0.2, 0) is 26.2 Å². The Labute approximate surface area is 229 Å². The highest BCUT2D eigenvalue weighted by atomic mass is 35.5. The van der Waals surface area contributed by atoms with Crippen LogP contribution in [0.2, 0.25) is 5.02 Å². The van der Waals surface area contributed by atoms with E-state index in [9.17, 15) is 18.0 Å². The molecule has 0 saturated carbocycles. The van der Waals surface area contributed by atoms with Crippen molar-refractivity contribution in [2.75, 3.05) is 18.0 Å². The average Bonchev–Trinajstić information content (AvgIpc) is 2.90. The molecular formula is C28H32ClN3O5S. The van der Waals surface area contributed by atoms with Gasteiger partial charge in [-0.3, -0.25) is 13.9 Å². The summed E-state index contributed by atoms with van der Waals surface area (Å²) in [4.78, 5) is 28.1. The van der Waals surface area contributed by atoms with Crippen molar-refractivity contribution in [2.24, 2.45) is 0 Å². The fourth-order valence-electron chi connectivity index (χ4n) is 3.77. The molecule has 38 heavy (non-hydrogen) atoms. The number of hydrogen-bond acceptors (Lipinski definition) is 5. The van der Waals surface area contributed by atoms with Gasteiger partial charge in [-0.05, 0) is 74.9 Å². The van der Waals surface area contributed by atoms with Gasteiger partial charge in [0.2, 0.25) is 11.8 Å². The van der Waals surface area contributed by atoms with Gasteiger partial charge in [0.15, 0.2) is 0 Å². The maximum Gasteiger partial charge on any atom is 0.264 e. The Balaban J connectivity index is 1.99. The lowest BCUT2D eigenvalue weighted by Crippen LogP contribution is -2.52. The smallest absolute Gasteiger partial charge is 0.264 e. The second-order valence-corrected chi connectivity index (χ2v) is 11.3. The third kappa shape index (κ3) is 7.26. The van der Waals surface area contributed by atoms with Crippen LogP contribution in [-0.4, -0.2) is 50.9 Å². The number of ether oxygens (including phenoxy) is 1. The van der Waals surface area contributed by atoms with Gasteiger partial charge in [-0.15, -0.1) is 0 Å². The maximum atomic E-state index is 13.8. The molecule has 10 heteroatoms. The molecule has 0 bridgehead atoms. The van der Waals surface area contributed by atoms with Gasteiger partial charge in [-0.1, -0.05) is 41.9 Å². The number of rotatable bonds is 11. The summed E-state index contributed by atoms with van der Waals surface area (Å²) in [7, 11) is -2.65. The molecule has 3 aromatic rings. The third-order valence-electron chi connectivity index (χ3n) is 5.83. The lowest BCUT2D eigenvalue weighted by atomic mass is 10.1. The van der Waals surface area contributed by atoms with Crippen LogP contribution in [0.5, 0.6) is 5.75 Å². The lowest BCUT2D eigenvalue weighted by molar-refractivity contribution is -0.139. The summed E-state index contributed by atoms with van der Waals surface area (Å²) in [6.45, 7) is 4.86. The normalized spacial score (nSPS) is 12.1. The first-order valence-electron chi connectivity index (χ1n) is 12.1. The monoisotopic (exact) mass is 557 g/mol. The second kappa shape index (κ2) is 12.8. The van der Waals surface area contributed by atoms with E-state index in [0.29, 0.717) is 16.5 Å². The average molecular weight is 558 g/mol. The largest absolute Gasteiger partial charge is 0.497 e. The zero-order chi connectivity index (χ0) is 27.9. The molecule has 0 radical (unpaired) electrons. The van der Waals surface area contributed by atoms with Crippen LogP contribution in [0, 0.1) is 0 Å². The highest BCUT2D eigenvalue weighted by molar-refractivity contribution is 7.92. The quantitative estimate of drug-likeness (QED) is 0.375. The Bertz CT molecular complexity index is 1330. The minimum absolute atomic E-state index is 0.00445. The summed E-state index contributed by atoms with van der Waals surface area (Å²) in [6.07, 6.45) is 0. The first-order valence-corrected chi connectivity index (χ1v) is 13.9. The number of nitrogens with zero attached hydrogens (tertiary/aromatic N) is 2. The van der Waals surface area contributed by atoms with Crippen molar-refractivity contribution in [1.29, 1.82) is 0 Å². The summed E-state index contributed by atoms with van der Waals surface area (Å²) < 4.78 is 33.7. The van der Waals surface area contributed by atoms with Crippen molar-refractivity contribution >= 4 is 39.1 Å². The summed E-state index contributed by atoms with van der Waals surface area (Å²) in [5, 5.41) is 3.37. The van der Waals surface area contributed by atoms with E-state index in [1.54, 1.807) is 73.7 Å². The molecule has 0 saturated heterocycles. The number of para-hydroxylation sites is 1. The van der Waals surface area contributed by atoms with Gasteiger partial charge in [0.05, 0.1) is 17.7 Å². The highest BCUT2D eigenvalue weighted by Gasteiger charge is 2.32. The zero-order valence-corrected chi connectivity index (χ0v) is 23.4. The van der Waals surface area contributed by atoms with Gasteiger partial charge in [0.25, 0.3) is 10.0 Å². The standard InChI is InChI=1S/C28H32ClN3O5S/c1-20(2)30-28(34)21(3)31(18-22-10-12-23(29)13-11-22)27(33)19-32(24-8-6-5-7-9-24)38(35,36)26-16-14-25(37-4)15-17-26/h5-17,20-21H,18-19H2,1-4H3,(H,30,34). The number of nitrogens with one attached hydrogen (secondary N) is 1. The molecule has 202 valence electrons. The van der Waals surface area contributed by atoms with Gasteiger partial charge in [0.1, 0.15) is 18.3 Å². The number of anilines is 1. The van der Waals surface area contributed by atoms with E-state index < -0.39 is 28.5 Å². The summed E-state index contributed by atoms with van der Waals surface area (Å²) in [5.41, 5.74) is 1.07. The Morgan fingerprint density at radius 3 is 2.08 bits per heavy atom. The Morgan fingerprint density at radius 2 is 1.53 bits per heavy atom. The molecule has 0 heterocycles. The predicted molar refractivity (Wildman–Crippen MR) is 149 cm³/mol. The van der Waals surface area contributed by atoms with Gasteiger partial charge in [-0.2, -0.15) is 0 Å². The molecule has 1 N–H and O–H groups in total. The Morgan fingerprint density at radius 1 is 0.921 bits per heavy atom. The number of methoxy groups -OCH3 is 1. The minimum atomic E-state index is -4.14. The fourth-order valence-corrected chi connectivity index (χ4v) is 5.31. The molecular weight excluding hydrogens is 526 g/mol. The van der Waals surface area contributed by atoms with Crippen molar-refractivity contribution in [3.8, 4) is 5.75 Å². The van der Waals surface area contributed by atoms with Gasteiger partial charge in [0, 0.05) is 17.6 Å². The van der Waals surface area contributed by atoms with Crippen molar-refractivity contribution in [3.05, 3.63) is 89.4 Å². The van der Waals surface area contributed by atoms with Crippen LogP contribution < -0.4 is 14.4 Å². The number of carbonyl (C=O) groups excluding carboxylic acids is 2. The van der Waals surface area contributed by atoms with Crippen LogP contribution >= 0.6 is 11.6 Å². The number of sulfonamides is 1. The molecule has 1 unspecified atom stereocenters. The molecule has 0 aliphatic rings. The van der Waals surface area contributed by atoms with E-state index in [1.165, 1.54) is 24.1 Å². The molecule has 0 aliphatic heterocycles. The molecule has 8 nitrogen and oxygen atoms in total. The highest BCUT2D eigenvalue weighted by Crippen LogP contribution is 2.26. The predicted octanol–water partition coefficient (Wildman–Crippen LogP) is 4.49. The van der Waals surface area contributed by atoms with Crippen molar-refractivity contribution in [1.82, 2.24) is 10.2 Å². The SMILES string of the molecule is COc1ccc(S(=O)(=O)N(CC(=O)N(Cc2ccc(Cl)cc2)C(C)C(=O)NC(C)C)c2ccccc2)cc1. The number of hydrogen-bond donors (Lipinski definition) is 1. The minimum Gasteiger partial charge on any atom is -0.497 e. The molecule has 1 atom stereocenters. The summed E-state index contributed by atoms with van der Waals surface area (Å²) >= 11 is 6.02. The van der Waals surface area contributed by atoms with E-state index in [-0.39, 0.29) is 23.4 Å².